The van der Waals surface area contributed by atoms with Crippen LogP contribution in [0, 0.1) is 5.82 Å². The molecule has 7 heteroatoms. The minimum Gasteiger partial charge on any atom is -0.444 e. The molecule has 0 radical (unpaired) electrons. The second-order valence-electron chi connectivity index (χ2n) is 7.53. The van der Waals surface area contributed by atoms with E-state index in [-0.39, 0.29) is 11.9 Å². The average molecular weight is 363 g/mol. The lowest BCUT2D eigenvalue weighted by Crippen LogP contribution is -2.50. The molecule has 2 aliphatic rings. The molecule has 6 nitrogen and oxygen atoms in total. The van der Waals surface area contributed by atoms with Crippen LogP contribution in [0.2, 0.25) is 0 Å². The number of halogens is 1. The lowest BCUT2D eigenvalue weighted by atomic mass is 10.0. The van der Waals surface area contributed by atoms with Crippen LogP contribution in [-0.2, 0) is 9.47 Å². The van der Waals surface area contributed by atoms with Crippen LogP contribution in [0.15, 0.2) is 18.3 Å². The quantitative estimate of drug-likeness (QED) is 0.808. The number of nitrogens with zero attached hydrogens (tertiary/aromatic N) is 3. The van der Waals surface area contributed by atoms with Crippen molar-refractivity contribution in [3.8, 4) is 0 Å². The molecule has 0 unspecified atom stereocenters. The van der Waals surface area contributed by atoms with Crippen LogP contribution in [0.5, 0.6) is 0 Å². The van der Waals surface area contributed by atoms with Gasteiger partial charge in [0.25, 0.3) is 0 Å². The van der Waals surface area contributed by atoms with Crippen LogP contribution >= 0.6 is 0 Å². The molecule has 0 bridgehead atoms. The highest BCUT2D eigenvalue weighted by atomic mass is 19.1. The first-order valence-corrected chi connectivity index (χ1v) is 8.99. The van der Waals surface area contributed by atoms with E-state index in [0.717, 1.165) is 23.4 Å². The van der Waals surface area contributed by atoms with Crippen LogP contribution in [0.3, 0.4) is 0 Å². The van der Waals surface area contributed by atoms with Crippen molar-refractivity contribution in [2.24, 2.45) is 0 Å². The summed E-state index contributed by atoms with van der Waals surface area (Å²) in [5.74, 6) is -0.356. The lowest BCUT2D eigenvalue weighted by molar-refractivity contribution is 0.0240. The Kier molecular flexibility index (Phi) is 5.46. The van der Waals surface area contributed by atoms with Gasteiger partial charge in [0.2, 0.25) is 0 Å². The predicted molar refractivity (Wildman–Crippen MR) is 97.6 cm³/mol. The van der Waals surface area contributed by atoms with Crippen molar-refractivity contribution in [1.29, 1.82) is 0 Å². The molecule has 1 aromatic rings. The lowest BCUT2D eigenvalue weighted by Gasteiger charge is -2.37. The number of hydrogen-bond acceptors (Lipinski definition) is 5. The summed E-state index contributed by atoms with van der Waals surface area (Å²) in [5.41, 5.74) is 2.16. The Hall–Kier alpha value is -2.15. The number of carbonyl (C=O) groups is 1. The number of pyridine rings is 1. The summed E-state index contributed by atoms with van der Waals surface area (Å²) in [6, 6.07) is 1.53. The Bertz CT molecular complexity index is 692. The fourth-order valence-electron chi connectivity index (χ4n) is 3.12. The molecular weight excluding hydrogens is 337 g/mol. The third kappa shape index (κ3) is 4.52. The average Bonchev–Trinajstić information content (AvgIpc) is 2.61. The number of hydrogen-bond donors (Lipinski definition) is 0. The van der Waals surface area contributed by atoms with E-state index < -0.39 is 5.60 Å². The fraction of sp³-hybridized carbons (Fsp3) is 0.579. The minimum absolute atomic E-state index is 0.304. The molecule has 0 atom stereocenters. The molecule has 0 spiro atoms. The minimum atomic E-state index is -0.511. The van der Waals surface area contributed by atoms with Crippen molar-refractivity contribution in [3.63, 3.8) is 0 Å². The van der Waals surface area contributed by atoms with Gasteiger partial charge in [0.15, 0.2) is 0 Å². The molecule has 0 N–H and O–H groups in total. The molecule has 0 saturated carbocycles. The van der Waals surface area contributed by atoms with Gasteiger partial charge in [-0.1, -0.05) is 6.08 Å². The zero-order valence-electron chi connectivity index (χ0n) is 15.6. The summed E-state index contributed by atoms with van der Waals surface area (Å²) >= 11 is 0. The molecule has 0 aromatic carbocycles. The first-order valence-electron chi connectivity index (χ1n) is 8.99. The number of amides is 1. The van der Waals surface area contributed by atoms with E-state index in [0.29, 0.717) is 39.4 Å². The van der Waals surface area contributed by atoms with Gasteiger partial charge in [-0.25, -0.2) is 9.18 Å². The fourth-order valence-corrected chi connectivity index (χ4v) is 3.12. The molecule has 26 heavy (non-hydrogen) atoms. The molecule has 2 aliphatic heterocycles. The standard InChI is InChI=1S/C19H26FN3O3/c1-19(2,3)26-18(24)23-8-6-22(7-9-23)16-12-15(20)13-21-17(16)14-4-10-25-11-5-14/h4,12-13H,5-11H2,1-3H3. The maximum Gasteiger partial charge on any atom is 0.410 e. The van der Waals surface area contributed by atoms with Gasteiger partial charge in [-0.2, -0.15) is 0 Å². The van der Waals surface area contributed by atoms with Crippen molar-refractivity contribution in [1.82, 2.24) is 9.88 Å². The van der Waals surface area contributed by atoms with Crippen LogP contribution < -0.4 is 4.90 Å². The first-order chi connectivity index (χ1) is 12.3. The van der Waals surface area contributed by atoms with E-state index in [1.54, 1.807) is 4.90 Å². The topological polar surface area (TPSA) is 54.9 Å². The summed E-state index contributed by atoms with van der Waals surface area (Å²) in [6.45, 7) is 9.06. The van der Waals surface area contributed by atoms with E-state index in [1.165, 1.54) is 12.3 Å². The number of carbonyl (C=O) groups excluding carboxylic acids is 1. The monoisotopic (exact) mass is 363 g/mol. The molecule has 3 rings (SSSR count). The Morgan fingerprint density at radius 1 is 1.27 bits per heavy atom. The van der Waals surface area contributed by atoms with Gasteiger partial charge in [-0.15, -0.1) is 0 Å². The number of piperazine rings is 1. The summed E-state index contributed by atoms with van der Waals surface area (Å²) < 4.78 is 24.6. The van der Waals surface area contributed by atoms with Crippen LogP contribution in [0.1, 0.15) is 32.9 Å². The van der Waals surface area contributed by atoms with Gasteiger partial charge in [0.1, 0.15) is 11.4 Å². The van der Waals surface area contributed by atoms with Gasteiger partial charge >= 0.3 is 6.09 Å². The second kappa shape index (κ2) is 7.61. The first kappa shape index (κ1) is 18.6. The third-order valence-corrected chi connectivity index (χ3v) is 4.37. The van der Waals surface area contributed by atoms with E-state index in [4.69, 9.17) is 9.47 Å². The third-order valence-electron chi connectivity index (χ3n) is 4.37. The Labute approximate surface area is 153 Å². The zero-order chi connectivity index (χ0) is 18.7. The normalized spacial score (nSPS) is 18.5. The molecule has 0 aliphatic carbocycles. The van der Waals surface area contributed by atoms with Crippen molar-refractivity contribution >= 4 is 17.4 Å². The largest absolute Gasteiger partial charge is 0.444 e. The van der Waals surface area contributed by atoms with Crippen LogP contribution in [0.4, 0.5) is 14.9 Å². The van der Waals surface area contributed by atoms with Crippen molar-refractivity contribution in [2.45, 2.75) is 32.8 Å². The van der Waals surface area contributed by atoms with Crippen molar-refractivity contribution in [2.75, 3.05) is 44.3 Å². The summed E-state index contributed by atoms with van der Waals surface area (Å²) in [6.07, 6.45) is 3.72. The van der Waals surface area contributed by atoms with Crippen LogP contribution in [0.25, 0.3) is 5.57 Å². The predicted octanol–water partition coefficient (Wildman–Crippen LogP) is 3.08. The molecule has 1 aromatic heterocycles. The highest BCUT2D eigenvalue weighted by Crippen LogP contribution is 2.30. The highest BCUT2D eigenvalue weighted by molar-refractivity contribution is 5.75. The number of anilines is 1. The Morgan fingerprint density at radius 2 is 2.00 bits per heavy atom. The molecule has 1 saturated heterocycles. The van der Waals surface area contributed by atoms with E-state index in [1.807, 2.05) is 26.8 Å². The van der Waals surface area contributed by atoms with Crippen molar-refractivity contribution in [3.05, 3.63) is 29.9 Å². The van der Waals surface area contributed by atoms with Gasteiger partial charge in [0, 0.05) is 32.2 Å². The zero-order valence-corrected chi connectivity index (χ0v) is 15.6. The number of aromatic nitrogens is 1. The number of rotatable bonds is 2. The van der Waals surface area contributed by atoms with Gasteiger partial charge < -0.3 is 19.3 Å². The van der Waals surface area contributed by atoms with Gasteiger partial charge in [-0.05, 0) is 32.8 Å². The highest BCUT2D eigenvalue weighted by Gasteiger charge is 2.27. The van der Waals surface area contributed by atoms with E-state index >= 15 is 0 Å². The van der Waals surface area contributed by atoms with Gasteiger partial charge in [0.05, 0.1) is 30.8 Å². The summed E-state index contributed by atoms with van der Waals surface area (Å²) in [7, 11) is 0. The Balaban J connectivity index is 1.72. The summed E-state index contributed by atoms with van der Waals surface area (Å²) in [5, 5.41) is 0. The maximum atomic E-state index is 13.8. The Morgan fingerprint density at radius 3 is 2.62 bits per heavy atom. The van der Waals surface area contributed by atoms with E-state index in [9.17, 15) is 9.18 Å². The molecular formula is C19H26FN3O3. The van der Waals surface area contributed by atoms with Crippen molar-refractivity contribution < 1.29 is 18.7 Å². The summed E-state index contributed by atoms with van der Waals surface area (Å²) in [4.78, 5) is 20.3. The van der Waals surface area contributed by atoms with Gasteiger partial charge in [-0.3, -0.25) is 4.98 Å². The SMILES string of the molecule is CC(C)(C)OC(=O)N1CCN(c2cc(F)cnc2C2=CCOCC2)CC1. The maximum absolute atomic E-state index is 13.8. The van der Waals surface area contributed by atoms with Crippen LogP contribution in [-0.4, -0.2) is 61.0 Å². The molecule has 1 fully saturated rings. The molecule has 3 heterocycles. The van der Waals surface area contributed by atoms with E-state index in [2.05, 4.69) is 9.88 Å². The number of ether oxygens (including phenoxy) is 2. The second-order valence-corrected chi connectivity index (χ2v) is 7.53. The molecule has 1 amide bonds. The molecule has 142 valence electrons. The smallest absolute Gasteiger partial charge is 0.410 e.